The molecule has 27 heavy (non-hydrogen) atoms. The average Bonchev–Trinajstić information content (AvgIpc) is 2.72. The quantitative estimate of drug-likeness (QED) is 0.456. The molecule has 0 fully saturated rings. The van der Waals surface area contributed by atoms with Gasteiger partial charge in [-0.25, -0.2) is 9.59 Å². The molecule has 140 valence electrons. The van der Waals surface area contributed by atoms with E-state index in [-0.39, 0.29) is 11.5 Å². The number of hydrogen-bond acceptors (Lipinski definition) is 7. The Hall–Kier alpha value is -3.61. The Morgan fingerprint density at radius 2 is 1.56 bits per heavy atom. The minimum Gasteiger partial charge on any atom is -0.497 e. The largest absolute Gasteiger partial charge is 0.497 e. The van der Waals surface area contributed by atoms with Crippen LogP contribution in [0, 0.1) is 0 Å². The maximum absolute atomic E-state index is 12.9. The van der Waals surface area contributed by atoms with Gasteiger partial charge in [0.05, 0.1) is 27.4 Å². The van der Waals surface area contributed by atoms with Crippen molar-refractivity contribution in [2.75, 3.05) is 26.6 Å². The lowest BCUT2D eigenvalue weighted by Gasteiger charge is -2.13. The van der Waals surface area contributed by atoms with Gasteiger partial charge in [0.25, 0.3) is 0 Å². The van der Waals surface area contributed by atoms with Crippen LogP contribution in [0.1, 0.15) is 15.9 Å². The molecule has 0 aromatic heterocycles. The highest BCUT2D eigenvalue weighted by Gasteiger charge is 2.18. The molecule has 1 N–H and O–H groups in total. The molecule has 2 aromatic rings. The molecule has 0 atom stereocenters. The molecule has 0 aliphatic heterocycles. The number of ether oxygens (including phenoxy) is 3. The molecular weight excluding hydrogens is 350 g/mol. The molecule has 7 nitrogen and oxygen atoms in total. The molecule has 2 aromatic carbocycles. The lowest BCUT2D eigenvalue weighted by atomic mass is 10.0. The van der Waals surface area contributed by atoms with Crippen LogP contribution < -0.4 is 10.1 Å². The second-order valence-corrected chi connectivity index (χ2v) is 5.30. The number of benzene rings is 2. The predicted octanol–water partition coefficient (Wildman–Crippen LogP) is 2.57. The van der Waals surface area contributed by atoms with E-state index in [0.29, 0.717) is 22.6 Å². The molecule has 0 aliphatic rings. The highest BCUT2D eigenvalue weighted by atomic mass is 16.5. The highest BCUT2D eigenvalue weighted by molar-refractivity contribution is 6.13. The Morgan fingerprint density at radius 1 is 0.889 bits per heavy atom. The first kappa shape index (κ1) is 19.7. The van der Waals surface area contributed by atoms with Crippen molar-refractivity contribution in [2.24, 2.45) is 0 Å². The van der Waals surface area contributed by atoms with E-state index in [9.17, 15) is 14.4 Å². The van der Waals surface area contributed by atoms with E-state index in [1.54, 1.807) is 48.5 Å². The summed E-state index contributed by atoms with van der Waals surface area (Å²) < 4.78 is 14.3. The van der Waals surface area contributed by atoms with Crippen molar-refractivity contribution in [3.63, 3.8) is 0 Å². The molecule has 0 heterocycles. The third-order valence-electron chi connectivity index (χ3n) is 3.66. The van der Waals surface area contributed by atoms with Gasteiger partial charge in [0.1, 0.15) is 11.4 Å². The number of anilines is 1. The molecular formula is C20H19NO6. The van der Waals surface area contributed by atoms with Gasteiger partial charge in [0.2, 0.25) is 0 Å². The van der Waals surface area contributed by atoms with E-state index in [4.69, 9.17) is 4.74 Å². The minimum atomic E-state index is -0.771. The number of para-hydroxylation sites is 1. The van der Waals surface area contributed by atoms with Crippen LogP contribution in [0.4, 0.5) is 5.69 Å². The third-order valence-corrected chi connectivity index (χ3v) is 3.66. The molecule has 0 saturated carbocycles. The number of ketones is 1. The molecule has 0 spiro atoms. The van der Waals surface area contributed by atoms with Gasteiger partial charge in [0.15, 0.2) is 5.78 Å². The predicted molar refractivity (Wildman–Crippen MR) is 98.6 cm³/mol. The molecule has 0 radical (unpaired) electrons. The van der Waals surface area contributed by atoms with Crippen LogP contribution in [0.2, 0.25) is 0 Å². The minimum absolute atomic E-state index is 0.153. The number of nitrogens with one attached hydrogen (secondary N) is 1. The van der Waals surface area contributed by atoms with Crippen molar-refractivity contribution in [1.29, 1.82) is 0 Å². The Kier molecular flexibility index (Phi) is 6.71. The summed E-state index contributed by atoms with van der Waals surface area (Å²) in [5.41, 5.74) is 0.960. The van der Waals surface area contributed by atoms with Crippen molar-refractivity contribution in [3.05, 3.63) is 71.4 Å². The Morgan fingerprint density at radius 3 is 2.15 bits per heavy atom. The van der Waals surface area contributed by atoms with Gasteiger partial charge in [-0.2, -0.15) is 0 Å². The van der Waals surface area contributed by atoms with Gasteiger partial charge in [-0.05, 0) is 36.4 Å². The van der Waals surface area contributed by atoms with Gasteiger partial charge in [-0.3, -0.25) is 4.79 Å². The van der Waals surface area contributed by atoms with E-state index in [0.717, 1.165) is 6.08 Å². The molecule has 0 amide bonds. The van der Waals surface area contributed by atoms with Gasteiger partial charge in [-0.15, -0.1) is 0 Å². The zero-order chi connectivity index (χ0) is 19.8. The van der Waals surface area contributed by atoms with Crippen molar-refractivity contribution in [2.45, 2.75) is 0 Å². The van der Waals surface area contributed by atoms with E-state index in [1.165, 1.54) is 21.3 Å². The fraction of sp³-hybridized carbons (Fsp3) is 0.150. The van der Waals surface area contributed by atoms with Crippen LogP contribution in [0.3, 0.4) is 0 Å². The topological polar surface area (TPSA) is 90.9 Å². The summed E-state index contributed by atoms with van der Waals surface area (Å²) in [5, 5.41) is 2.78. The van der Waals surface area contributed by atoms with Gasteiger partial charge < -0.3 is 19.5 Å². The smallest absolute Gasteiger partial charge is 0.354 e. The normalized spacial score (nSPS) is 10.7. The van der Waals surface area contributed by atoms with Crippen LogP contribution in [-0.4, -0.2) is 39.1 Å². The number of carbonyl (C=O) groups is 3. The Labute approximate surface area is 156 Å². The zero-order valence-corrected chi connectivity index (χ0v) is 15.1. The van der Waals surface area contributed by atoms with Gasteiger partial charge in [-0.1, -0.05) is 12.1 Å². The van der Waals surface area contributed by atoms with Crippen LogP contribution in [0.25, 0.3) is 0 Å². The Bertz CT molecular complexity index is 870. The number of methoxy groups -OCH3 is 3. The van der Waals surface area contributed by atoms with Gasteiger partial charge >= 0.3 is 11.9 Å². The zero-order valence-electron chi connectivity index (χ0n) is 15.1. The number of rotatable bonds is 7. The summed E-state index contributed by atoms with van der Waals surface area (Å²) in [6.45, 7) is 0. The lowest BCUT2D eigenvalue weighted by molar-refractivity contribution is -0.138. The maximum Gasteiger partial charge on any atom is 0.354 e. The van der Waals surface area contributed by atoms with Gasteiger partial charge in [0, 0.05) is 16.8 Å². The van der Waals surface area contributed by atoms with Crippen LogP contribution >= 0.6 is 0 Å². The summed E-state index contributed by atoms with van der Waals surface area (Å²) in [5.74, 6) is -1.14. The standard InChI is InChI=1S/C20H19NO6/c1-25-14-10-8-13(9-11-14)19(23)15-6-4-5-7-16(15)21-17(20(24)27-3)12-18(22)26-2/h4-12,21H,1-3H3/b17-12+. The number of carbonyl (C=O) groups excluding carboxylic acids is 3. The summed E-state index contributed by atoms with van der Waals surface area (Å²) in [7, 11) is 3.91. The maximum atomic E-state index is 12.9. The van der Waals surface area contributed by atoms with E-state index in [1.807, 2.05) is 0 Å². The summed E-state index contributed by atoms with van der Waals surface area (Å²) >= 11 is 0. The Balaban J connectivity index is 2.38. The first-order valence-corrected chi connectivity index (χ1v) is 7.93. The van der Waals surface area contributed by atoms with Crippen LogP contribution in [-0.2, 0) is 19.1 Å². The summed E-state index contributed by atoms with van der Waals surface area (Å²) in [6, 6.07) is 13.3. The van der Waals surface area contributed by atoms with E-state index < -0.39 is 11.9 Å². The molecule has 0 unspecified atom stereocenters. The second-order valence-electron chi connectivity index (χ2n) is 5.30. The monoisotopic (exact) mass is 369 g/mol. The molecule has 2 rings (SSSR count). The lowest BCUT2D eigenvalue weighted by Crippen LogP contribution is -2.17. The van der Waals surface area contributed by atoms with E-state index in [2.05, 4.69) is 14.8 Å². The fourth-order valence-electron chi connectivity index (χ4n) is 2.27. The van der Waals surface area contributed by atoms with Crippen molar-refractivity contribution < 1.29 is 28.6 Å². The first-order valence-electron chi connectivity index (χ1n) is 7.93. The fourth-order valence-corrected chi connectivity index (χ4v) is 2.27. The third kappa shape index (κ3) is 4.94. The van der Waals surface area contributed by atoms with Crippen molar-refractivity contribution in [1.82, 2.24) is 0 Å². The number of esters is 2. The van der Waals surface area contributed by atoms with Crippen LogP contribution in [0.5, 0.6) is 5.75 Å². The van der Waals surface area contributed by atoms with E-state index >= 15 is 0 Å². The molecule has 0 bridgehead atoms. The molecule has 0 aliphatic carbocycles. The average molecular weight is 369 g/mol. The van der Waals surface area contributed by atoms with Crippen molar-refractivity contribution >= 4 is 23.4 Å². The molecule has 7 heteroatoms. The summed E-state index contributed by atoms with van der Waals surface area (Å²) in [4.78, 5) is 36.3. The van der Waals surface area contributed by atoms with Crippen LogP contribution in [0.15, 0.2) is 60.3 Å². The second kappa shape index (κ2) is 9.19. The highest BCUT2D eigenvalue weighted by Crippen LogP contribution is 2.22. The SMILES string of the molecule is COC(=O)/C=C(/Nc1ccccc1C(=O)c1ccc(OC)cc1)C(=O)OC. The summed E-state index contributed by atoms with van der Waals surface area (Å²) in [6.07, 6.45) is 0.959. The van der Waals surface area contributed by atoms with Crippen molar-refractivity contribution in [3.8, 4) is 5.75 Å². The molecule has 0 saturated heterocycles. The number of hydrogen-bond donors (Lipinski definition) is 1. The first-order chi connectivity index (χ1) is 13.0.